The fraction of sp³-hybridized carbons (Fsp3) is 0.556. The van der Waals surface area contributed by atoms with E-state index in [4.69, 9.17) is 4.74 Å². The van der Waals surface area contributed by atoms with Gasteiger partial charge in [0.1, 0.15) is 5.75 Å². The molecule has 1 heterocycles. The molecule has 23 heavy (non-hydrogen) atoms. The summed E-state index contributed by atoms with van der Waals surface area (Å²) in [6.45, 7) is 3.24. The van der Waals surface area contributed by atoms with Crippen LogP contribution in [-0.4, -0.2) is 55.9 Å². The number of nitrogens with zero attached hydrogens (tertiary/aromatic N) is 2. The van der Waals surface area contributed by atoms with Gasteiger partial charge in [0, 0.05) is 33.6 Å². The van der Waals surface area contributed by atoms with E-state index in [1.807, 2.05) is 36.1 Å². The first-order valence-electron chi connectivity index (χ1n) is 8.06. The van der Waals surface area contributed by atoms with Crippen molar-refractivity contribution >= 4 is 11.8 Å². The number of hydrogen-bond acceptors (Lipinski definition) is 3. The van der Waals surface area contributed by atoms with Crippen LogP contribution in [0.1, 0.15) is 31.2 Å². The number of likely N-dealkylation sites (tertiary alicyclic amines) is 1. The van der Waals surface area contributed by atoms with E-state index in [9.17, 15) is 9.59 Å². The summed E-state index contributed by atoms with van der Waals surface area (Å²) in [5.74, 6) is 1.06. The number of carbonyl (C=O) groups is 2. The van der Waals surface area contributed by atoms with Crippen LogP contribution >= 0.6 is 0 Å². The number of benzene rings is 1. The molecule has 1 aromatic carbocycles. The number of methoxy groups -OCH3 is 1. The van der Waals surface area contributed by atoms with Crippen LogP contribution in [0.5, 0.6) is 5.75 Å². The van der Waals surface area contributed by atoms with Crippen LogP contribution in [0.4, 0.5) is 0 Å². The number of rotatable bonds is 5. The van der Waals surface area contributed by atoms with Gasteiger partial charge in [-0.1, -0.05) is 25.1 Å². The van der Waals surface area contributed by atoms with E-state index in [1.165, 1.54) is 0 Å². The molecule has 1 fully saturated rings. The summed E-state index contributed by atoms with van der Waals surface area (Å²) >= 11 is 0. The summed E-state index contributed by atoms with van der Waals surface area (Å²) in [4.78, 5) is 28.0. The zero-order chi connectivity index (χ0) is 17.0. The van der Waals surface area contributed by atoms with Gasteiger partial charge in [0.2, 0.25) is 11.8 Å². The van der Waals surface area contributed by atoms with Crippen LogP contribution in [0.15, 0.2) is 24.3 Å². The Morgan fingerprint density at radius 1 is 1.35 bits per heavy atom. The zero-order valence-corrected chi connectivity index (χ0v) is 14.4. The first kappa shape index (κ1) is 17.3. The first-order valence-corrected chi connectivity index (χ1v) is 8.06. The molecule has 2 rings (SSSR count). The minimum Gasteiger partial charge on any atom is -0.496 e. The molecule has 0 aliphatic carbocycles. The third-order valence-electron chi connectivity index (χ3n) is 4.48. The van der Waals surface area contributed by atoms with Crippen molar-refractivity contribution in [3.63, 3.8) is 0 Å². The lowest BCUT2D eigenvalue weighted by Crippen LogP contribution is -2.34. The van der Waals surface area contributed by atoms with Crippen molar-refractivity contribution in [3.05, 3.63) is 29.8 Å². The van der Waals surface area contributed by atoms with Crippen molar-refractivity contribution in [3.8, 4) is 5.75 Å². The molecule has 0 saturated carbocycles. The normalized spacial score (nSPS) is 18.6. The average molecular weight is 318 g/mol. The molecule has 1 aromatic rings. The highest BCUT2D eigenvalue weighted by Gasteiger charge is 2.32. The van der Waals surface area contributed by atoms with E-state index in [0.717, 1.165) is 17.7 Å². The fourth-order valence-electron chi connectivity index (χ4n) is 3.13. The molecule has 1 aliphatic heterocycles. The van der Waals surface area contributed by atoms with Crippen LogP contribution in [-0.2, 0) is 9.59 Å². The molecular formula is C18H26N2O3. The summed E-state index contributed by atoms with van der Waals surface area (Å²) in [7, 11) is 5.17. The maximum Gasteiger partial charge on any atom is 0.227 e. The van der Waals surface area contributed by atoms with E-state index in [2.05, 4.69) is 0 Å². The van der Waals surface area contributed by atoms with Gasteiger partial charge in [-0.05, 0) is 24.0 Å². The number of carbonyl (C=O) groups excluding carboxylic acids is 2. The molecule has 5 heteroatoms. The molecule has 0 spiro atoms. The summed E-state index contributed by atoms with van der Waals surface area (Å²) in [5.41, 5.74) is 1.04. The molecule has 0 aromatic heterocycles. The van der Waals surface area contributed by atoms with Crippen LogP contribution in [0.25, 0.3) is 0 Å². The Kier molecular flexibility index (Phi) is 5.64. The quantitative estimate of drug-likeness (QED) is 0.835. The lowest BCUT2D eigenvalue weighted by Gasteiger charge is -2.21. The molecule has 1 saturated heterocycles. The maximum atomic E-state index is 12.5. The summed E-state index contributed by atoms with van der Waals surface area (Å²) in [6.07, 6.45) is 1.19. The van der Waals surface area contributed by atoms with E-state index in [1.54, 1.807) is 26.1 Å². The Labute approximate surface area is 138 Å². The second-order valence-corrected chi connectivity index (χ2v) is 6.41. The Bertz CT molecular complexity index is 571. The van der Waals surface area contributed by atoms with Gasteiger partial charge in [-0.25, -0.2) is 0 Å². The Morgan fingerprint density at radius 2 is 2.04 bits per heavy atom. The lowest BCUT2D eigenvalue weighted by molar-refractivity contribution is -0.133. The van der Waals surface area contributed by atoms with Crippen molar-refractivity contribution in [2.45, 2.75) is 25.7 Å². The van der Waals surface area contributed by atoms with Crippen molar-refractivity contribution < 1.29 is 14.3 Å². The molecule has 2 amide bonds. The van der Waals surface area contributed by atoms with E-state index in [-0.39, 0.29) is 23.7 Å². The molecule has 2 atom stereocenters. The summed E-state index contributed by atoms with van der Waals surface area (Å²) in [6, 6.07) is 7.80. The predicted octanol–water partition coefficient (Wildman–Crippen LogP) is 2.13. The molecule has 0 bridgehead atoms. The predicted molar refractivity (Wildman–Crippen MR) is 89.4 cm³/mol. The lowest BCUT2D eigenvalue weighted by atomic mass is 9.96. The minimum absolute atomic E-state index is 0.0597. The molecule has 126 valence electrons. The van der Waals surface area contributed by atoms with Crippen molar-refractivity contribution in [1.82, 2.24) is 9.80 Å². The maximum absolute atomic E-state index is 12.5. The van der Waals surface area contributed by atoms with Crippen molar-refractivity contribution in [1.29, 1.82) is 0 Å². The highest BCUT2D eigenvalue weighted by molar-refractivity contribution is 5.82. The Morgan fingerprint density at radius 3 is 2.70 bits per heavy atom. The number of ether oxygens (including phenoxy) is 1. The molecule has 0 unspecified atom stereocenters. The first-order chi connectivity index (χ1) is 10.9. The summed E-state index contributed by atoms with van der Waals surface area (Å²) < 4.78 is 5.37. The van der Waals surface area contributed by atoms with E-state index in [0.29, 0.717) is 19.5 Å². The van der Waals surface area contributed by atoms with Crippen LogP contribution in [0.2, 0.25) is 0 Å². The molecule has 1 aliphatic rings. The van der Waals surface area contributed by atoms with Gasteiger partial charge < -0.3 is 14.5 Å². The highest BCUT2D eigenvalue weighted by Crippen LogP contribution is 2.29. The van der Waals surface area contributed by atoms with Gasteiger partial charge in [0.15, 0.2) is 0 Å². The van der Waals surface area contributed by atoms with Gasteiger partial charge in [0.05, 0.1) is 13.0 Å². The average Bonchev–Trinajstić information content (AvgIpc) is 3.03. The number of para-hydroxylation sites is 1. The standard InChI is InChI=1S/C18H26N2O3/c1-13(15-7-5-6-8-16(15)23-4)11-17(21)20-10-9-14(12-20)18(22)19(2)3/h5-8,13-14H,9-12H2,1-4H3/t13-,14-/m0/s1. The smallest absolute Gasteiger partial charge is 0.227 e. The van der Waals surface area contributed by atoms with Crippen LogP contribution < -0.4 is 4.74 Å². The molecular weight excluding hydrogens is 292 g/mol. The monoisotopic (exact) mass is 318 g/mol. The molecule has 0 N–H and O–H groups in total. The third-order valence-corrected chi connectivity index (χ3v) is 4.48. The number of hydrogen-bond donors (Lipinski definition) is 0. The second kappa shape index (κ2) is 7.49. The van der Waals surface area contributed by atoms with Gasteiger partial charge in [-0.2, -0.15) is 0 Å². The second-order valence-electron chi connectivity index (χ2n) is 6.41. The zero-order valence-electron chi connectivity index (χ0n) is 14.4. The van der Waals surface area contributed by atoms with Crippen molar-refractivity contribution in [2.24, 2.45) is 5.92 Å². The Balaban J connectivity index is 1.96. The third kappa shape index (κ3) is 4.03. The topological polar surface area (TPSA) is 49.9 Å². The van der Waals surface area contributed by atoms with E-state index >= 15 is 0 Å². The molecule has 5 nitrogen and oxygen atoms in total. The fourth-order valence-corrected chi connectivity index (χ4v) is 3.13. The summed E-state index contributed by atoms with van der Waals surface area (Å²) in [5, 5.41) is 0. The van der Waals surface area contributed by atoms with Gasteiger partial charge >= 0.3 is 0 Å². The molecule has 0 radical (unpaired) electrons. The van der Waals surface area contributed by atoms with E-state index < -0.39 is 0 Å². The van der Waals surface area contributed by atoms with Gasteiger partial charge in [0.25, 0.3) is 0 Å². The highest BCUT2D eigenvalue weighted by atomic mass is 16.5. The van der Waals surface area contributed by atoms with Crippen LogP contribution in [0, 0.1) is 5.92 Å². The van der Waals surface area contributed by atoms with Gasteiger partial charge in [-0.3, -0.25) is 9.59 Å². The Hall–Kier alpha value is -2.04. The van der Waals surface area contributed by atoms with Crippen LogP contribution in [0.3, 0.4) is 0 Å². The largest absolute Gasteiger partial charge is 0.496 e. The van der Waals surface area contributed by atoms with Gasteiger partial charge in [-0.15, -0.1) is 0 Å². The van der Waals surface area contributed by atoms with Crippen molar-refractivity contribution in [2.75, 3.05) is 34.3 Å². The minimum atomic E-state index is -0.0597. The SMILES string of the molecule is COc1ccccc1[C@@H](C)CC(=O)N1CC[C@H](C(=O)N(C)C)C1. The number of amides is 2.